The van der Waals surface area contributed by atoms with E-state index in [1.807, 2.05) is 13.8 Å². The van der Waals surface area contributed by atoms with Crippen LogP contribution in [-0.2, 0) is 21.3 Å². The lowest BCUT2D eigenvalue weighted by atomic mass is 10.2. The second-order valence-corrected chi connectivity index (χ2v) is 9.84. The Labute approximate surface area is 179 Å². The fourth-order valence-corrected chi connectivity index (χ4v) is 4.90. The molecule has 0 unspecified atom stereocenters. The van der Waals surface area contributed by atoms with Gasteiger partial charge in [0.15, 0.2) is 9.84 Å². The average molecular weight is 446 g/mol. The van der Waals surface area contributed by atoms with Crippen molar-refractivity contribution in [2.45, 2.75) is 31.5 Å². The molecule has 9 heteroatoms. The van der Waals surface area contributed by atoms with E-state index in [1.54, 1.807) is 53.2 Å². The summed E-state index contributed by atoms with van der Waals surface area (Å²) < 4.78 is 31.3. The number of nitrogens with zero attached hydrogens (tertiary/aromatic N) is 2. The van der Waals surface area contributed by atoms with Crippen molar-refractivity contribution >= 4 is 33.2 Å². The van der Waals surface area contributed by atoms with E-state index in [-0.39, 0.29) is 23.5 Å². The number of hydrogen-bond acceptors (Lipinski definition) is 5. The average Bonchev–Trinajstić information content (AvgIpc) is 3.15. The summed E-state index contributed by atoms with van der Waals surface area (Å²) in [4.78, 5) is 12.9. The minimum atomic E-state index is -3.27. The van der Waals surface area contributed by atoms with E-state index in [9.17, 15) is 13.2 Å². The fourth-order valence-electron chi connectivity index (χ4n) is 3.28. The van der Waals surface area contributed by atoms with Gasteiger partial charge in [0.05, 0.1) is 29.0 Å². The number of amides is 1. The molecule has 2 heterocycles. The van der Waals surface area contributed by atoms with Crippen LogP contribution in [0.1, 0.15) is 35.5 Å². The molecule has 0 atom stereocenters. The van der Waals surface area contributed by atoms with Crippen molar-refractivity contribution in [3.63, 3.8) is 0 Å². The van der Waals surface area contributed by atoms with Crippen LogP contribution in [0.3, 0.4) is 0 Å². The van der Waals surface area contributed by atoms with E-state index in [0.29, 0.717) is 39.1 Å². The van der Waals surface area contributed by atoms with Crippen molar-refractivity contribution in [1.29, 1.82) is 0 Å². The van der Waals surface area contributed by atoms with E-state index >= 15 is 0 Å². The van der Waals surface area contributed by atoms with Crippen LogP contribution in [0.5, 0.6) is 5.75 Å². The molecule has 0 saturated heterocycles. The van der Waals surface area contributed by atoms with Gasteiger partial charge < -0.3 is 10.1 Å². The Morgan fingerprint density at radius 2 is 1.77 bits per heavy atom. The van der Waals surface area contributed by atoms with E-state index in [0.717, 1.165) is 0 Å². The van der Waals surface area contributed by atoms with Crippen LogP contribution >= 0.6 is 11.6 Å². The van der Waals surface area contributed by atoms with Gasteiger partial charge in [0, 0.05) is 16.1 Å². The SMILES string of the molecule is CC(C)Oc1ccc(C(=O)Nc2c3c(nn2-c2ccc(Cl)cc2)CS(=O)(=O)C3)cc1. The predicted molar refractivity (Wildman–Crippen MR) is 115 cm³/mol. The smallest absolute Gasteiger partial charge is 0.256 e. The van der Waals surface area contributed by atoms with Gasteiger partial charge in [0.1, 0.15) is 11.6 Å². The molecule has 1 amide bonds. The number of hydrogen-bond donors (Lipinski definition) is 1. The number of nitrogens with one attached hydrogen (secondary N) is 1. The fraction of sp³-hybridized carbons (Fsp3) is 0.238. The molecule has 156 valence electrons. The van der Waals surface area contributed by atoms with Crippen molar-refractivity contribution in [2.75, 3.05) is 5.32 Å². The van der Waals surface area contributed by atoms with Crippen LogP contribution in [-0.4, -0.2) is 30.2 Å². The third kappa shape index (κ3) is 4.20. The molecule has 0 aliphatic carbocycles. The van der Waals surface area contributed by atoms with Gasteiger partial charge in [-0.3, -0.25) is 4.79 Å². The molecule has 1 aliphatic heterocycles. The second kappa shape index (κ2) is 7.77. The number of anilines is 1. The number of aromatic nitrogens is 2. The highest BCUT2D eigenvalue weighted by Gasteiger charge is 2.33. The minimum absolute atomic E-state index is 0.0305. The molecule has 1 N–H and O–H groups in total. The summed E-state index contributed by atoms with van der Waals surface area (Å²) in [6.07, 6.45) is 0.0305. The van der Waals surface area contributed by atoms with E-state index < -0.39 is 9.84 Å². The number of fused-ring (bicyclic) bond motifs is 1. The molecule has 0 saturated carbocycles. The summed E-state index contributed by atoms with van der Waals surface area (Å²) in [5, 5.41) is 7.85. The Morgan fingerprint density at radius 1 is 1.10 bits per heavy atom. The van der Waals surface area contributed by atoms with Crippen molar-refractivity contribution in [2.24, 2.45) is 0 Å². The Balaban J connectivity index is 1.67. The van der Waals surface area contributed by atoms with Crippen molar-refractivity contribution < 1.29 is 17.9 Å². The van der Waals surface area contributed by atoms with E-state index in [4.69, 9.17) is 16.3 Å². The summed E-state index contributed by atoms with van der Waals surface area (Å²) in [7, 11) is -3.27. The maximum Gasteiger partial charge on any atom is 0.256 e. The zero-order chi connectivity index (χ0) is 21.5. The minimum Gasteiger partial charge on any atom is -0.491 e. The summed E-state index contributed by atoms with van der Waals surface area (Å²) in [5.41, 5.74) is 2.05. The number of rotatable bonds is 5. The summed E-state index contributed by atoms with van der Waals surface area (Å²) in [6, 6.07) is 13.7. The monoisotopic (exact) mass is 445 g/mol. The number of benzene rings is 2. The second-order valence-electron chi connectivity index (χ2n) is 7.34. The zero-order valence-corrected chi connectivity index (χ0v) is 18.0. The van der Waals surface area contributed by atoms with Crippen molar-refractivity contribution in [3.05, 3.63) is 70.4 Å². The van der Waals surface area contributed by atoms with Gasteiger partial charge >= 0.3 is 0 Å². The molecule has 4 rings (SSSR count). The molecule has 30 heavy (non-hydrogen) atoms. The molecular formula is C21H20ClN3O4S. The van der Waals surface area contributed by atoms with Crippen molar-refractivity contribution in [3.8, 4) is 11.4 Å². The molecule has 3 aromatic rings. The van der Waals surface area contributed by atoms with E-state index in [2.05, 4.69) is 10.4 Å². The van der Waals surface area contributed by atoms with Crippen LogP contribution in [0.2, 0.25) is 5.02 Å². The normalized spacial score (nSPS) is 14.5. The van der Waals surface area contributed by atoms with Gasteiger partial charge in [-0.05, 0) is 62.4 Å². The number of halogens is 1. The van der Waals surface area contributed by atoms with Gasteiger partial charge in [0.2, 0.25) is 0 Å². The maximum atomic E-state index is 12.9. The van der Waals surface area contributed by atoms with Gasteiger partial charge in [0.25, 0.3) is 5.91 Å². The standard InChI is InChI=1S/C21H20ClN3O4S/c1-13(2)29-17-9-3-14(4-10-17)21(26)23-20-18-11-30(27,28)12-19(18)24-25(20)16-7-5-15(22)6-8-16/h3-10,13H,11-12H2,1-2H3,(H,23,26). The highest BCUT2D eigenvalue weighted by Crippen LogP contribution is 2.33. The number of sulfone groups is 1. The van der Waals surface area contributed by atoms with Crippen LogP contribution in [0.15, 0.2) is 48.5 Å². The van der Waals surface area contributed by atoms with Crippen LogP contribution in [0.25, 0.3) is 5.69 Å². The summed E-state index contributed by atoms with van der Waals surface area (Å²) >= 11 is 5.97. The first kappa shape index (κ1) is 20.4. The lowest BCUT2D eigenvalue weighted by Gasteiger charge is -2.12. The number of ether oxygens (including phenoxy) is 1. The molecule has 1 aliphatic rings. The highest BCUT2D eigenvalue weighted by molar-refractivity contribution is 7.90. The summed E-state index contributed by atoms with van der Waals surface area (Å²) in [6.45, 7) is 3.85. The summed E-state index contributed by atoms with van der Waals surface area (Å²) in [5.74, 6) is 0.341. The molecule has 0 fully saturated rings. The Bertz CT molecular complexity index is 1200. The first-order chi connectivity index (χ1) is 14.2. The Hall–Kier alpha value is -2.84. The number of carbonyl (C=O) groups is 1. The first-order valence-corrected chi connectivity index (χ1v) is 11.6. The van der Waals surface area contributed by atoms with E-state index in [1.165, 1.54) is 0 Å². The Morgan fingerprint density at radius 3 is 2.40 bits per heavy atom. The molecule has 0 radical (unpaired) electrons. The topological polar surface area (TPSA) is 90.3 Å². The third-order valence-electron chi connectivity index (χ3n) is 4.58. The molecular weight excluding hydrogens is 426 g/mol. The largest absolute Gasteiger partial charge is 0.491 e. The van der Waals surface area contributed by atoms with Crippen LogP contribution in [0.4, 0.5) is 5.82 Å². The molecule has 0 spiro atoms. The predicted octanol–water partition coefficient (Wildman–Crippen LogP) is 3.99. The van der Waals surface area contributed by atoms with Crippen LogP contribution < -0.4 is 10.1 Å². The quantitative estimate of drug-likeness (QED) is 0.641. The van der Waals surface area contributed by atoms with Gasteiger partial charge in [-0.25, -0.2) is 13.1 Å². The third-order valence-corrected chi connectivity index (χ3v) is 6.27. The molecule has 2 aromatic carbocycles. The lowest BCUT2D eigenvalue weighted by Crippen LogP contribution is -2.17. The highest BCUT2D eigenvalue weighted by atomic mass is 35.5. The van der Waals surface area contributed by atoms with Gasteiger partial charge in [-0.1, -0.05) is 11.6 Å². The van der Waals surface area contributed by atoms with Gasteiger partial charge in [-0.2, -0.15) is 5.10 Å². The molecule has 0 bridgehead atoms. The van der Waals surface area contributed by atoms with Crippen LogP contribution in [0, 0.1) is 0 Å². The molecule has 1 aromatic heterocycles. The maximum absolute atomic E-state index is 12.9. The Kier molecular flexibility index (Phi) is 5.29. The molecule has 7 nitrogen and oxygen atoms in total. The first-order valence-electron chi connectivity index (χ1n) is 9.37. The van der Waals surface area contributed by atoms with Crippen molar-refractivity contribution in [1.82, 2.24) is 9.78 Å². The lowest BCUT2D eigenvalue weighted by molar-refractivity contribution is 0.102. The number of carbonyl (C=O) groups excluding carboxylic acids is 1. The van der Waals surface area contributed by atoms with Gasteiger partial charge in [-0.15, -0.1) is 0 Å². The zero-order valence-electron chi connectivity index (χ0n) is 16.4.